The van der Waals surface area contributed by atoms with Crippen LogP contribution in [0.15, 0.2) is 0 Å². The lowest BCUT2D eigenvalue weighted by Gasteiger charge is -2.13. The maximum Gasteiger partial charge on any atom is 0.505 e. The van der Waals surface area contributed by atoms with Crippen LogP contribution in [0, 0.1) is 0 Å². The molecule has 0 rings (SSSR count). The fraction of sp³-hybridized carbons (Fsp3) is 0.889. The molecule has 0 spiro atoms. The van der Waals surface area contributed by atoms with Crippen molar-refractivity contribution in [2.24, 2.45) is 0 Å². The van der Waals surface area contributed by atoms with Crippen LogP contribution in [0.4, 0.5) is 4.79 Å². The van der Waals surface area contributed by atoms with Crippen LogP contribution in [0.25, 0.3) is 0 Å². The van der Waals surface area contributed by atoms with E-state index in [9.17, 15) is 4.79 Å². The number of methoxy groups -OCH3 is 1. The minimum Gasteiger partial charge on any atom is -0.450 e. The first-order valence-corrected chi connectivity index (χ1v) is 4.59. The van der Waals surface area contributed by atoms with Crippen LogP contribution in [0.1, 0.15) is 32.6 Å². The number of rotatable bonds is 7. The molecule has 0 saturated heterocycles. The molecule has 0 heterocycles. The first-order valence-electron chi connectivity index (χ1n) is 4.59. The van der Waals surface area contributed by atoms with E-state index in [1.54, 1.807) is 7.11 Å². The van der Waals surface area contributed by atoms with Crippen molar-refractivity contribution in [1.82, 2.24) is 0 Å². The Kier molecular flexibility index (Phi) is 7.39. The number of unbranched alkanes of at least 4 members (excludes halogenated alkanes) is 1. The second kappa shape index (κ2) is 7.86. The molecule has 1 N–H and O–H groups in total. The minimum atomic E-state index is -1.22. The third-order valence-corrected chi connectivity index (χ3v) is 1.88. The number of hydrogen-bond acceptors (Lipinski definition) is 3. The molecule has 0 aromatic carbocycles. The van der Waals surface area contributed by atoms with Gasteiger partial charge in [0.15, 0.2) is 0 Å². The summed E-state index contributed by atoms with van der Waals surface area (Å²) >= 11 is 0. The zero-order chi connectivity index (χ0) is 10.1. The van der Waals surface area contributed by atoms with Gasteiger partial charge in [-0.3, -0.25) is 0 Å². The maximum atomic E-state index is 10.0. The van der Waals surface area contributed by atoms with Crippen molar-refractivity contribution in [1.29, 1.82) is 0 Å². The SMILES string of the molecule is CCCCC(CCOC(=O)O)OC. The van der Waals surface area contributed by atoms with Gasteiger partial charge in [-0.05, 0) is 6.42 Å². The van der Waals surface area contributed by atoms with E-state index in [4.69, 9.17) is 9.84 Å². The van der Waals surface area contributed by atoms with E-state index in [1.807, 2.05) is 0 Å². The van der Waals surface area contributed by atoms with Crippen molar-refractivity contribution in [2.45, 2.75) is 38.7 Å². The van der Waals surface area contributed by atoms with E-state index in [1.165, 1.54) is 0 Å². The Bertz CT molecular complexity index is 136. The Balaban J connectivity index is 3.41. The van der Waals surface area contributed by atoms with Crippen molar-refractivity contribution in [3.8, 4) is 0 Å². The highest BCUT2D eigenvalue weighted by Gasteiger charge is 2.07. The normalized spacial score (nSPS) is 12.5. The Morgan fingerprint density at radius 3 is 2.62 bits per heavy atom. The summed E-state index contributed by atoms with van der Waals surface area (Å²) in [6, 6.07) is 0. The predicted molar refractivity (Wildman–Crippen MR) is 48.9 cm³/mol. The molecule has 13 heavy (non-hydrogen) atoms. The lowest BCUT2D eigenvalue weighted by atomic mass is 10.1. The molecule has 0 bridgehead atoms. The molecule has 78 valence electrons. The van der Waals surface area contributed by atoms with Gasteiger partial charge in [0, 0.05) is 13.5 Å². The zero-order valence-electron chi connectivity index (χ0n) is 8.28. The van der Waals surface area contributed by atoms with Crippen LogP contribution in [0.5, 0.6) is 0 Å². The monoisotopic (exact) mass is 190 g/mol. The molecule has 0 fully saturated rings. The fourth-order valence-electron chi connectivity index (χ4n) is 1.09. The lowest BCUT2D eigenvalue weighted by Crippen LogP contribution is -2.15. The van der Waals surface area contributed by atoms with Gasteiger partial charge in [-0.2, -0.15) is 0 Å². The standard InChI is InChI=1S/C9H18O4/c1-3-4-5-8(12-2)6-7-13-9(10)11/h8H,3-7H2,1-2H3,(H,10,11). The molecule has 4 nitrogen and oxygen atoms in total. The first kappa shape index (κ1) is 12.2. The van der Waals surface area contributed by atoms with Gasteiger partial charge in [-0.15, -0.1) is 0 Å². The Morgan fingerprint density at radius 1 is 1.46 bits per heavy atom. The van der Waals surface area contributed by atoms with Gasteiger partial charge < -0.3 is 14.6 Å². The third kappa shape index (κ3) is 7.59. The van der Waals surface area contributed by atoms with Gasteiger partial charge in [-0.25, -0.2) is 4.79 Å². The van der Waals surface area contributed by atoms with E-state index in [2.05, 4.69) is 11.7 Å². The average Bonchev–Trinajstić information content (AvgIpc) is 2.10. The molecule has 0 aromatic heterocycles. The summed E-state index contributed by atoms with van der Waals surface area (Å²) in [4.78, 5) is 10.0. The average molecular weight is 190 g/mol. The van der Waals surface area contributed by atoms with Crippen LogP contribution < -0.4 is 0 Å². The van der Waals surface area contributed by atoms with Crippen molar-refractivity contribution in [3.63, 3.8) is 0 Å². The molecule has 0 aromatic rings. The summed E-state index contributed by atoms with van der Waals surface area (Å²) in [5, 5.41) is 8.21. The van der Waals surface area contributed by atoms with Gasteiger partial charge >= 0.3 is 6.16 Å². The highest BCUT2D eigenvalue weighted by atomic mass is 16.7. The van der Waals surface area contributed by atoms with Crippen molar-refractivity contribution >= 4 is 6.16 Å². The zero-order valence-corrected chi connectivity index (χ0v) is 8.28. The van der Waals surface area contributed by atoms with Crippen LogP contribution in [-0.4, -0.2) is 31.1 Å². The van der Waals surface area contributed by atoms with Crippen LogP contribution in [0.2, 0.25) is 0 Å². The number of ether oxygens (including phenoxy) is 2. The highest BCUT2D eigenvalue weighted by Crippen LogP contribution is 2.07. The van der Waals surface area contributed by atoms with Crippen LogP contribution in [-0.2, 0) is 9.47 Å². The summed E-state index contributed by atoms with van der Waals surface area (Å²) in [6.45, 7) is 2.33. The highest BCUT2D eigenvalue weighted by molar-refractivity contribution is 5.56. The molecular weight excluding hydrogens is 172 g/mol. The summed E-state index contributed by atoms with van der Waals surface area (Å²) in [7, 11) is 1.64. The first-order chi connectivity index (χ1) is 6.20. The molecule has 1 unspecified atom stereocenters. The van der Waals surface area contributed by atoms with Crippen molar-refractivity contribution in [2.75, 3.05) is 13.7 Å². The number of hydrogen-bond donors (Lipinski definition) is 1. The summed E-state index contributed by atoms with van der Waals surface area (Å²) in [5.74, 6) is 0. The summed E-state index contributed by atoms with van der Waals surface area (Å²) < 4.78 is 9.55. The molecule has 0 aliphatic rings. The number of carboxylic acid groups (broad SMARTS) is 1. The molecule has 0 aliphatic carbocycles. The van der Waals surface area contributed by atoms with Gasteiger partial charge in [0.1, 0.15) is 0 Å². The van der Waals surface area contributed by atoms with Crippen LogP contribution >= 0.6 is 0 Å². The van der Waals surface area contributed by atoms with Gasteiger partial charge in [-0.1, -0.05) is 19.8 Å². The summed E-state index contributed by atoms with van der Waals surface area (Å²) in [5.41, 5.74) is 0. The topological polar surface area (TPSA) is 55.8 Å². The van der Waals surface area contributed by atoms with E-state index in [0.717, 1.165) is 19.3 Å². The van der Waals surface area contributed by atoms with Crippen LogP contribution in [0.3, 0.4) is 0 Å². The predicted octanol–water partition coefficient (Wildman–Crippen LogP) is 2.28. The lowest BCUT2D eigenvalue weighted by molar-refractivity contribution is 0.0469. The smallest absolute Gasteiger partial charge is 0.450 e. The molecule has 0 saturated carbocycles. The Labute approximate surface area is 78.8 Å². The summed E-state index contributed by atoms with van der Waals surface area (Å²) in [6.07, 6.45) is 2.74. The Hall–Kier alpha value is -0.770. The number of carbonyl (C=O) groups is 1. The molecule has 0 amide bonds. The Morgan fingerprint density at radius 2 is 2.15 bits per heavy atom. The quantitative estimate of drug-likeness (QED) is 0.626. The van der Waals surface area contributed by atoms with E-state index >= 15 is 0 Å². The molecule has 0 aliphatic heterocycles. The molecule has 4 heteroatoms. The molecule has 0 radical (unpaired) electrons. The van der Waals surface area contributed by atoms with Crippen molar-refractivity contribution in [3.05, 3.63) is 0 Å². The second-order valence-corrected chi connectivity index (χ2v) is 2.90. The van der Waals surface area contributed by atoms with Gasteiger partial charge in [0.25, 0.3) is 0 Å². The van der Waals surface area contributed by atoms with E-state index in [-0.39, 0.29) is 12.7 Å². The molecule has 1 atom stereocenters. The fourth-order valence-corrected chi connectivity index (χ4v) is 1.09. The van der Waals surface area contributed by atoms with Crippen molar-refractivity contribution < 1.29 is 19.4 Å². The largest absolute Gasteiger partial charge is 0.505 e. The molecular formula is C9H18O4. The maximum absolute atomic E-state index is 10.0. The van der Waals surface area contributed by atoms with Gasteiger partial charge in [0.2, 0.25) is 0 Å². The second-order valence-electron chi connectivity index (χ2n) is 2.90. The third-order valence-electron chi connectivity index (χ3n) is 1.88. The van der Waals surface area contributed by atoms with E-state index < -0.39 is 6.16 Å². The van der Waals surface area contributed by atoms with E-state index in [0.29, 0.717) is 6.42 Å². The van der Waals surface area contributed by atoms with Gasteiger partial charge in [0.05, 0.1) is 12.7 Å². The minimum absolute atomic E-state index is 0.124.